The third-order valence-corrected chi connectivity index (χ3v) is 5.61. The van der Waals surface area contributed by atoms with Crippen molar-refractivity contribution in [3.05, 3.63) is 59.6 Å². The van der Waals surface area contributed by atoms with Gasteiger partial charge in [-0.2, -0.15) is 0 Å². The minimum Gasteiger partial charge on any atom is -0.507 e. The summed E-state index contributed by atoms with van der Waals surface area (Å²) in [5.74, 6) is -0.485. The van der Waals surface area contributed by atoms with Crippen LogP contribution >= 0.6 is 0 Å². The number of carbonyl (C=O) groups excluding carboxylic acids is 2. The number of hydrogen-bond acceptors (Lipinski definition) is 7. The third-order valence-electron chi connectivity index (χ3n) is 5.61. The van der Waals surface area contributed by atoms with E-state index in [4.69, 9.17) is 13.9 Å². The van der Waals surface area contributed by atoms with Crippen molar-refractivity contribution >= 4 is 17.4 Å². The lowest BCUT2D eigenvalue weighted by Gasteiger charge is -2.30. The van der Waals surface area contributed by atoms with Crippen molar-refractivity contribution in [1.82, 2.24) is 9.80 Å². The fraction of sp³-hybridized carbons (Fsp3) is 0.417. The van der Waals surface area contributed by atoms with E-state index in [9.17, 15) is 14.7 Å². The summed E-state index contributed by atoms with van der Waals surface area (Å²) in [6.07, 6.45) is 1.51. The summed E-state index contributed by atoms with van der Waals surface area (Å²) < 4.78 is 16.6. The fourth-order valence-electron chi connectivity index (χ4n) is 4.05. The van der Waals surface area contributed by atoms with Crippen LogP contribution in [0.15, 0.2) is 52.7 Å². The molecule has 170 valence electrons. The van der Waals surface area contributed by atoms with E-state index in [-0.39, 0.29) is 17.4 Å². The summed E-state index contributed by atoms with van der Waals surface area (Å²) in [5.41, 5.74) is 0.466. The van der Waals surface area contributed by atoms with E-state index in [2.05, 4.69) is 4.90 Å². The Labute approximate surface area is 187 Å². The van der Waals surface area contributed by atoms with Gasteiger partial charge in [0.25, 0.3) is 11.7 Å². The lowest BCUT2D eigenvalue weighted by Crippen LogP contribution is -2.42. The number of furan rings is 1. The van der Waals surface area contributed by atoms with Gasteiger partial charge in [0.1, 0.15) is 23.3 Å². The monoisotopic (exact) mass is 440 g/mol. The van der Waals surface area contributed by atoms with Gasteiger partial charge in [-0.15, -0.1) is 0 Å². The zero-order valence-electron chi connectivity index (χ0n) is 18.3. The number of ether oxygens (including phenoxy) is 2. The molecule has 0 aliphatic carbocycles. The molecule has 0 spiro atoms. The lowest BCUT2D eigenvalue weighted by atomic mass is 9.99. The summed E-state index contributed by atoms with van der Waals surface area (Å²) in [5, 5.41) is 11.1. The molecule has 0 saturated carbocycles. The van der Waals surface area contributed by atoms with E-state index < -0.39 is 17.7 Å². The standard InChI is InChI=1S/C24H28N2O6/c1-16(2)32-18-7-5-17(6-8-18)22(27)20-21(19-4-3-13-31-19)26(24(29)23(20)28)10-9-25-11-14-30-15-12-25/h3-8,13,16,21,27H,9-12,14-15H2,1-2H3/b22-20-. The number of morpholine rings is 1. The zero-order chi connectivity index (χ0) is 22.7. The van der Waals surface area contributed by atoms with Gasteiger partial charge in [-0.05, 0) is 50.2 Å². The highest BCUT2D eigenvalue weighted by molar-refractivity contribution is 6.46. The molecule has 1 N–H and O–H groups in total. The van der Waals surface area contributed by atoms with E-state index in [0.717, 1.165) is 13.1 Å². The smallest absolute Gasteiger partial charge is 0.295 e. The summed E-state index contributed by atoms with van der Waals surface area (Å²) in [4.78, 5) is 29.6. The number of aliphatic hydroxyl groups excluding tert-OH is 1. The van der Waals surface area contributed by atoms with Crippen LogP contribution in [0.2, 0.25) is 0 Å². The Bertz CT molecular complexity index is 974. The van der Waals surface area contributed by atoms with Gasteiger partial charge in [0.15, 0.2) is 0 Å². The summed E-state index contributed by atoms with van der Waals surface area (Å²) in [6.45, 7) is 7.65. The van der Waals surface area contributed by atoms with Crippen LogP contribution in [0.5, 0.6) is 5.75 Å². The topological polar surface area (TPSA) is 92.5 Å². The van der Waals surface area contributed by atoms with Gasteiger partial charge in [0.2, 0.25) is 0 Å². The number of carbonyl (C=O) groups is 2. The minimum atomic E-state index is -0.780. The second-order valence-electron chi connectivity index (χ2n) is 8.15. The molecule has 0 radical (unpaired) electrons. The average Bonchev–Trinajstić information content (AvgIpc) is 3.40. The molecular weight excluding hydrogens is 412 g/mol. The number of likely N-dealkylation sites (tertiary alicyclic amines) is 1. The number of aliphatic hydroxyl groups is 1. The minimum absolute atomic E-state index is 0.0187. The molecule has 2 aromatic rings. The fourth-order valence-corrected chi connectivity index (χ4v) is 4.05. The molecule has 1 amide bonds. The normalized spacial score (nSPS) is 21.5. The molecule has 4 rings (SSSR count). The first-order chi connectivity index (χ1) is 15.5. The molecular formula is C24H28N2O6. The molecule has 1 unspecified atom stereocenters. The van der Waals surface area contributed by atoms with Crippen LogP contribution < -0.4 is 4.74 Å². The van der Waals surface area contributed by atoms with Crippen molar-refractivity contribution in [1.29, 1.82) is 0 Å². The van der Waals surface area contributed by atoms with Crippen LogP contribution in [0.25, 0.3) is 5.76 Å². The Morgan fingerprint density at radius 1 is 1.12 bits per heavy atom. The molecule has 32 heavy (non-hydrogen) atoms. The molecule has 2 saturated heterocycles. The van der Waals surface area contributed by atoms with E-state index in [1.807, 2.05) is 13.8 Å². The predicted molar refractivity (Wildman–Crippen MR) is 117 cm³/mol. The van der Waals surface area contributed by atoms with Gasteiger partial charge in [0.05, 0.1) is 31.2 Å². The van der Waals surface area contributed by atoms with Crippen LogP contribution in [0.3, 0.4) is 0 Å². The molecule has 1 aromatic carbocycles. The first kappa shape index (κ1) is 22.1. The SMILES string of the molecule is CC(C)Oc1ccc(/C(O)=C2/C(=O)C(=O)N(CCN3CCOCC3)C2c2ccco2)cc1. The molecule has 8 heteroatoms. The van der Waals surface area contributed by atoms with Crippen LogP contribution in [0.1, 0.15) is 31.2 Å². The van der Waals surface area contributed by atoms with Gasteiger partial charge < -0.3 is 23.9 Å². The van der Waals surface area contributed by atoms with Crippen molar-refractivity contribution in [2.24, 2.45) is 0 Å². The van der Waals surface area contributed by atoms with Crippen molar-refractivity contribution in [2.45, 2.75) is 26.0 Å². The average molecular weight is 440 g/mol. The second kappa shape index (κ2) is 9.58. The Hall–Kier alpha value is -3.10. The Morgan fingerprint density at radius 2 is 1.84 bits per heavy atom. The molecule has 1 aromatic heterocycles. The van der Waals surface area contributed by atoms with Gasteiger partial charge in [0, 0.05) is 31.7 Å². The lowest BCUT2D eigenvalue weighted by molar-refractivity contribution is -0.140. The number of nitrogens with zero attached hydrogens (tertiary/aromatic N) is 2. The van der Waals surface area contributed by atoms with Crippen molar-refractivity contribution < 1.29 is 28.6 Å². The number of hydrogen-bond donors (Lipinski definition) is 1. The summed E-state index contributed by atoms with van der Waals surface area (Å²) in [6, 6.07) is 9.44. The molecule has 2 aliphatic rings. The molecule has 2 aliphatic heterocycles. The number of ketones is 1. The van der Waals surface area contributed by atoms with Gasteiger partial charge >= 0.3 is 0 Å². The van der Waals surface area contributed by atoms with E-state index >= 15 is 0 Å². The van der Waals surface area contributed by atoms with Crippen LogP contribution in [0, 0.1) is 0 Å². The number of rotatable bonds is 7. The number of benzene rings is 1. The number of amides is 1. The highest BCUT2D eigenvalue weighted by Crippen LogP contribution is 2.39. The third kappa shape index (κ3) is 4.56. The van der Waals surface area contributed by atoms with E-state index in [1.54, 1.807) is 36.4 Å². The van der Waals surface area contributed by atoms with E-state index in [1.165, 1.54) is 11.2 Å². The zero-order valence-corrected chi connectivity index (χ0v) is 18.3. The molecule has 8 nitrogen and oxygen atoms in total. The van der Waals surface area contributed by atoms with Crippen molar-refractivity contribution in [2.75, 3.05) is 39.4 Å². The molecule has 2 fully saturated rings. The number of Topliss-reactive ketones (excluding diaryl/α,β-unsaturated/α-hetero) is 1. The summed E-state index contributed by atoms with van der Waals surface area (Å²) in [7, 11) is 0. The van der Waals surface area contributed by atoms with Crippen LogP contribution in [0.4, 0.5) is 0 Å². The van der Waals surface area contributed by atoms with Gasteiger partial charge in [-0.25, -0.2) is 0 Å². The van der Waals surface area contributed by atoms with Gasteiger partial charge in [-0.3, -0.25) is 14.5 Å². The second-order valence-corrected chi connectivity index (χ2v) is 8.15. The highest BCUT2D eigenvalue weighted by atomic mass is 16.5. The quantitative estimate of drug-likeness (QED) is 0.402. The van der Waals surface area contributed by atoms with Crippen molar-refractivity contribution in [3.8, 4) is 5.75 Å². The first-order valence-corrected chi connectivity index (χ1v) is 10.8. The predicted octanol–water partition coefficient (Wildman–Crippen LogP) is 2.82. The van der Waals surface area contributed by atoms with Crippen molar-refractivity contribution in [3.63, 3.8) is 0 Å². The Morgan fingerprint density at radius 3 is 2.47 bits per heavy atom. The molecule has 0 bridgehead atoms. The van der Waals surface area contributed by atoms with Crippen LogP contribution in [-0.2, 0) is 14.3 Å². The maximum absolute atomic E-state index is 13.0. The molecule has 1 atom stereocenters. The first-order valence-electron chi connectivity index (χ1n) is 10.8. The maximum Gasteiger partial charge on any atom is 0.295 e. The maximum atomic E-state index is 13.0. The Kier molecular flexibility index (Phi) is 6.62. The van der Waals surface area contributed by atoms with Gasteiger partial charge in [-0.1, -0.05) is 0 Å². The van der Waals surface area contributed by atoms with E-state index in [0.29, 0.717) is 43.4 Å². The summed E-state index contributed by atoms with van der Waals surface area (Å²) >= 11 is 0. The largest absolute Gasteiger partial charge is 0.507 e. The molecule has 3 heterocycles. The highest BCUT2D eigenvalue weighted by Gasteiger charge is 2.47. The Balaban J connectivity index is 1.64. The van der Waals surface area contributed by atoms with Crippen LogP contribution in [-0.4, -0.2) is 72.1 Å².